The third-order valence-electron chi connectivity index (χ3n) is 3.28. The van der Waals surface area contributed by atoms with Crippen LogP contribution in [0.15, 0.2) is 0 Å². The maximum absolute atomic E-state index is 12.4. The Hall–Kier alpha value is -0.820. The second-order valence-electron chi connectivity index (χ2n) is 5.22. The van der Waals surface area contributed by atoms with Crippen molar-refractivity contribution >= 4 is 5.91 Å². The monoisotopic (exact) mass is 281 g/mol. The van der Waals surface area contributed by atoms with Crippen molar-refractivity contribution < 1.29 is 18.0 Å². The summed E-state index contributed by atoms with van der Waals surface area (Å²) in [6.45, 7) is 1.26. The Kier molecular flexibility index (Phi) is 6.06. The van der Waals surface area contributed by atoms with Gasteiger partial charge in [0.05, 0.1) is 12.0 Å². The Morgan fingerprint density at radius 3 is 2.53 bits per heavy atom. The number of rotatable bonds is 5. The highest BCUT2D eigenvalue weighted by atomic mass is 19.4. The highest BCUT2D eigenvalue weighted by Crippen LogP contribution is 2.31. The highest BCUT2D eigenvalue weighted by Gasteiger charge is 2.42. The molecule has 0 spiro atoms. The quantitative estimate of drug-likeness (QED) is 0.739. The number of piperidine rings is 1. The second-order valence-corrected chi connectivity index (χ2v) is 5.22. The number of hydrogen-bond acceptors (Lipinski definition) is 3. The van der Waals surface area contributed by atoms with Crippen LogP contribution >= 0.6 is 0 Å². The molecule has 2 unspecified atom stereocenters. The molecule has 0 aromatic rings. The van der Waals surface area contributed by atoms with Gasteiger partial charge in [0.25, 0.3) is 0 Å². The van der Waals surface area contributed by atoms with Gasteiger partial charge < -0.3 is 15.5 Å². The standard InChI is InChI=1S/C12H22F3N3O/c1-18(2)7-3-6-16-11(19)10-5-4-9(8-17-10)12(13,14)15/h9-10,17H,3-8H2,1-2H3,(H,16,19). The van der Waals surface area contributed by atoms with Crippen molar-refractivity contribution in [2.45, 2.75) is 31.5 Å². The third-order valence-corrected chi connectivity index (χ3v) is 3.28. The molecule has 0 aromatic heterocycles. The second kappa shape index (κ2) is 7.09. The van der Waals surface area contributed by atoms with Crippen LogP contribution in [-0.4, -0.2) is 56.8 Å². The minimum Gasteiger partial charge on any atom is -0.355 e. The summed E-state index contributed by atoms with van der Waals surface area (Å²) < 4.78 is 37.3. The number of hydrogen-bond donors (Lipinski definition) is 2. The van der Waals surface area contributed by atoms with E-state index >= 15 is 0 Å². The predicted octanol–water partition coefficient (Wildman–Crippen LogP) is 0.985. The molecule has 2 atom stereocenters. The first-order chi connectivity index (χ1) is 8.80. The van der Waals surface area contributed by atoms with Crippen molar-refractivity contribution in [3.05, 3.63) is 0 Å². The molecule has 1 fully saturated rings. The zero-order chi connectivity index (χ0) is 14.5. The molecule has 1 rings (SSSR count). The van der Waals surface area contributed by atoms with Crippen LogP contribution in [0.5, 0.6) is 0 Å². The lowest BCUT2D eigenvalue weighted by molar-refractivity contribution is -0.180. The van der Waals surface area contributed by atoms with Gasteiger partial charge >= 0.3 is 6.18 Å². The summed E-state index contributed by atoms with van der Waals surface area (Å²) in [5.41, 5.74) is 0. The summed E-state index contributed by atoms with van der Waals surface area (Å²) in [5, 5.41) is 5.43. The Balaban J connectivity index is 2.22. The molecule has 0 aliphatic carbocycles. The van der Waals surface area contributed by atoms with Crippen LogP contribution in [0.1, 0.15) is 19.3 Å². The molecular formula is C12H22F3N3O. The molecule has 0 bridgehead atoms. The van der Waals surface area contributed by atoms with Gasteiger partial charge in [-0.2, -0.15) is 13.2 Å². The lowest BCUT2D eigenvalue weighted by Gasteiger charge is -2.30. The molecule has 0 radical (unpaired) electrons. The highest BCUT2D eigenvalue weighted by molar-refractivity contribution is 5.81. The number of halogens is 3. The van der Waals surface area contributed by atoms with E-state index in [-0.39, 0.29) is 25.3 Å². The molecule has 0 aromatic carbocycles. The fourth-order valence-electron chi connectivity index (χ4n) is 2.09. The number of carbonyl (C=O) groups is 1. The number of alkyl halides is 3. The number of nitrogens with zero attached hydrogens (tertiary/aromatic N) is 1. The van der Waals surface area contributed by atoms with Gasteiger partial charge in [-0.15, -0.1) is 0 Å². The SMILES string of the molecule is CN(C)CCCNC(=O)C1CCC(C(F)(F)F)CN1. The van der Waals surface area contributed by atoms with E-state index < -0.39 is 18.1 Å². The van der Waals surface area contributed by atoms with Gasteiger partial charge in [-0.05, 0) is 39.9 Å². The summed E-state index contributed by atoms with van der Waals surface area (Å²) in [5.74, 6) is -1.52. The average molecular weight is 281 g/mol. The Labute approximate surface area is 111 Å². The fourth-order valence-corrected chi connectivity index (χ4v) is 2.09. The summed E-state index contributed by atoms with van der Waals surface area (Å²) in [6, 6.07) is -0.488. The minimum absolute atomic E-state index is 0.0201. The topological polar surface area (TPSA) is 44.4 Å². The van der Waals surface area contributed by atoms with E-state index in [9.17, 15) is 18.0 Å². The van der Waals surface area contributed by atoms with Crippen molar-refractivity contribution in [3.63, 3.8) is 0 Å². The molecule has 1 amide bonds. The number of amides is 1. The minimum atomic E-state index is -4.17. The van der Waals surface area contributed by atoms with Crippen LogP contribution in [0.4, 0.5) is 13.2 Å². The van der Waals surface area contributed by atoms with Crippen LogP contribution < -0.4 is 10.6 Å². The van der Waals surface area contributed by atoms with Crippen LogP contribution in [0.3, 0.4) is 0 Å². The third kappa shape index (κ3) is 5.78. The van der Waals surface area contributed by atoms with Gasteiger partial charge in [-0.3, -0.25) is 4.79 Å². The van der Waals surface area contributed by atoms with E-state index in [2.05, 4.69) is 10.6 Å². The first-order valence-electron chi connectivity index (χ1n) is 6.53. The fraction of sp³-hybridized carbons (Fsp3) is 0.917. The average Bonchev–Trinajstić information content (AvgIpc) is 2.33. The van der Waals surface area contributed by atoms with Gasteiger partial charge in [0, 0.05) is 13.1 Å². The van der Waals surface area contributed by atoms with Crippen LogP contribution in [0, 0.1) is 5.92 Å². The first kappa shape index (κ1) is 16.2. The summed E-state index contributed by atoms with van der Waals surface area (Å²) in [7, 11) is 3.89. The van der Waals surface area contributed by atoms with E-state index in [0.717, 1.165) is 13.0 Å². The Morgan fingerprint density at radius 1 is 1.37 bits per heavy atom. The molecule has 19 heavy (non-hydrogen) atoms. The summed E-state index contributed by atoms with van der Waals surface area (Å²) in [6.07, 6.45) is -3.08. The maximum atomic E-state index is 12.4. The summed E-state index contributed by atoms with van der Waals surface area (Å²) >= 11 is 0. The molecule has 1 heterocycles. The van der Waals surface area contributed by atoms with E-state index in [0.29, 0.717) is 6.54 Å². The van der Waals surface area contributed by atoms with Crippen molar-refractivity contribution in [3.8, 4) is 0 Å². The smallest absolute Gasteiger partial charge is 0.355 e. The van der Waals surface area contributed by atoms with Gasteiger partial charge in [-0.25, -0.2) is 0 Å². The predicted molar refractivity (Wildman–Crippen MR) is 66.8 cm³/mol. The molecule has 1 aliphatic heterocycles. The van der Waals surface area contributed by atoms with Crippen molar-refractivity contribution in [2.24, 2.45) is 5.92 Å². The molecule has 7 heteroatoms. The van der Waals surface area contributed by atoms with Crippen molar-refractivity contribution in [1.29, 1.82) is 0 Å². The molecule has 1 saturated heterocycles. The van der Waals surface area contributed by atoms with Crippen LogP contribution in [0.25, 0.3) is 0 Å². The largest absolute Gasteiger partial charge is 0.393 e. The number of nitrogens with one attached hydrogen (secondary N) is 2. The normalized spacial score (nSPS) is 24.5. The number of carbonyl (C=O) groups excluding carboxylic acids is 1. The maximum Gasteiger partial charge on any atom is 0.393 e. The molecule has 4 nitrogen and oxygen atoms in total. The molecule has 0 saturated carbocycles. The zero-order valence-corrected chi connectivity index (χ0v) is 11.4. The van der Waals surface area contributed by atoms with Crippen molar-refractivity contribution in [1.82, 2.24) is 15.5 Å². The zero-order valence-electron chi connectivity index (χ0n) is 11.4. The summed E-state index contributed by atoms with van der Waals surface area (Å²) in [4.78, 5) is 13.7. The molecule has 1 aliphatic rings. The van der Waals surface area contributed by atoms with E-state index in [1.165, 1.54) is 0 Å². The van der Waals surface area contributed by atoms with Gasteiger partial charge in [0.15, 0.2) is 0 Å². The van der Waals surface area contributed by atoms with Gasteiger partial charge in [-0.1, -0.05) is 0 Å². The van der Waals surface area contributed by atoms with E-state index in [4.69, 9.17) is 0 Å². The van der Waals surface area contributed by atoms with Gasteiger partial charge in [0.1, 0.15) is 0 Å². The van der Waals surface area contributed by atoms with Crippen molar-refractivity contribution in [2.75, 3.05) is 33.7 Å². The molecular weight excluding hydrogens is 259 g/mol. The first-order valence-corrected chi connectivity index (χ1v) is 6.53. The Morgan fingerprint density at radius 2 is 2.05 bits per heavy atom. The molecule has 2 N–H and O–H groups in total. The van der Waals surface area contributed by atoms with E-state index in [1.54, 1.807) is 0 Å². The lowest BCUT2D eigenvalue weighted by atomic mass is 9.94. The van der Waals surface area contributed by atoms with Gasteiger partial charge in [0.2, 0.25) is 5.91 Å². The van der Waals surface area contributed by atoms with Crippen LogP contribution in [-0.2, 0) is 4.79 Å². The Bertz CT molecular complexity index is 286. The molecule has 112 valence electrons. The van der Waals surface area contributed by atoms with Crippen LogP contribution in [0.2, 0.25) is 0 Å². The lowest BCUT2D eigenvalue weighted by Crippen LogP contribution is -2.51. The van der Waals surface area contributed by atoms with E-state index in [1.807, 2.05) is 19.0 Å².